The highest BCUT2D eigenvalue weighted by atomic mass is 15.0. The highest BCUT2D eigenvalue weighted by Crippen LogP contribution is 2.37. The summed E-state index contributed by atoms with van der Waals surface area (Å²) in [6.45, 7) is 6.62. The summed E-state index contributed by atoms with van der Waals surface area (Å²) < 4.78 is 0. The van der Waals surface area contributed by atoms with Gasteiger partial charge in [-0.05, 0) is 50.2 Å². The molecule has 0 amide bonds. The second kappa shape index (κ2) is 5.02. The Hall–Kier alpha value is -1.49. The Bertz CT molecular complexity index is 443. The molecular formula is C16H22N2. The van der Waals surface area contributed by atoms with Crippen LogP contribution in [0.4, 0.5) is 5.69 Å². The van der Waals surface area contributed by atoms with Gasteiger partial charge in [0.2, 0.25) is 0 Å². The van der Waals surface area contributed by atoms with Crippen molar-refractivity contribution in [1.29, 1.82) is 5.26 Å². The molecule has 1 fully saturated rings. The van der Waals surface area contributed by atoms with Gasteiger partial charge in [-0.3, -0.25) is 0 Å². The van der Waals surface area contributed by atoms with Crippen LogP contribution in [-0.4, -0.2) is 5.54 Å². The van der Waals surface area contributed by atoms with Gasteiger partial charge in [-0.15, -0.1) is 0 Å². The molecule has 2 rings (SSSR count). The van der Waals surface area contributed by atoms with Crippen LogP contribution in [0.25, 0.3) is 0 Å². The topological polar surface area (TPSA) is 35.8 Å². The second-order valence-corrected chi connectivity index (χ2v) is 5.88. The molecule has 0 aromatic heterocycles. The molecule has 0 heterocycles. The van der Waals surface area contributed by atoms with E-state index in [1.54, 1.807) is 0 Å². The zero-order chi connectivity index (χ0) is 13.2. The van der Waals surface area contributed by atoms with Gasteiger partial charge in [0.25, 0.3) is 0 Å². The fourth-order valence-electron chi connectivity index (χ4n) is 2.77. The maximum Gasteiger partial charge on any atom is 0.125 e. The third-order valence-corrected chi connectivity index (χ3v) is 4.32. The van der Waals surface area contributed by atoms with Gasteiger partial charge in [0, 0.05) is 5.69 Å². The van der Waals surface area contributed by atoms with Crippen molar-refractivity contribution in [2.45, 2.75) is 45.6 Å². The molecule has 1 aromatic rings. The molecule has 1 saturated carbocycles. The van der Waals surface area contributed by atoms with Crippen molar-refractivity contribution in [3.63, 3.8) is 0 Å². The van der Waals surface area contributed by atoms with Crippen molar-refractivity contribution in [2.24, 2.45) is 11.8 Å². The number of aryl methyl sites for hydroxylation is 1. The first-order chi connectivity index (χ1) is 8.54. The first-order valence-electron chi connectivity index (χ1n) is 6.81. The van der Waals surface area contributed by atoms with Crippen molar-refractivity contribution >= 4 is 5.69 Å². The third-order valence-electron chi connectivity index (χ3n) is 4.32. The molecule has 3 atom stereocenters. The van der Waals surface area contributed by atoms with E-state index in [0.29, 0.717) is 5.92 Å². The van der Waals surface area contributed by atoms with Crippen LogP contribution in [0.3, 0.4) is 0 Å². The Labute approximate surface area is 110 Å². The van der Waals surface area contributed by atoms with E-state index < -0.39 is 0 Å². The van der Waals surface area contributed by atoms with Crippen molar-refractivity contribution in [3.05, 3.63) is 29.8 Å². The fourth-order valence-corrected chi connectivity index (χ4v) is 2.77. The zero-order valence-electron chi connectivity index (χ0n) is 11.5. The minimum Gasteiger partial charge on any atom is -0.367 e. The van der Waals surface area contributed by atoms with Gasteiger partial charge in [0.05, 0.1) is 6.07 Å². The summed E-state index contributed by atoms with van der Waals surface area (Å²) in [5.41, 5.74) is 1.93. The van der Waals surface area contributed by atoms with E-state index in [4.69, 9.17) is 0 Å². The molecule has 0 bridgehead atoms. The monoisotopic (exact) mass is 242 g/mol. The van der Waals surface area contributed by atoms with E-state index in [9.17, 15) is 5.26 Å². The molecule has 1 aliphatic carbocycles. The van der Waals surface area contributed by atoms with Crippen LogP contribution in [0, 0.1) is 30.1 Å². The average Bonchev–Trinajstić information content (AvgIpc) is 2.37. The van der Waals surface area contributed by atoms with E-state index >= 15 is 0 Å². The van der Waals surface area contributed by atoms with Gasteiger partial charge < -0.3 is 5.32 Å². The SMILES string of the molecule is Cc1ccc(NC2(C#N)CCC(C)C(C)C2)cc1. The molecule has 2 heteroatoms. The Morgan fingerprint density at radius 3 is 2.44 bits per heavy atom. The number of benzene rings is 1. The van der Waals surface area contributed by atoms with Crippen LogP contribution in [0.15, 0.2) is 24.3 Å². The van der Waals surface area contributed by atoms with Gasteiger partial charge in [-0.1, -0.05) is 31.5 Å². The number of anilines is 1. The average molecular weight is 242 g/mol. The molecule has 0 saturated heterocycles. The third kappa shape index (κ3) is 2.67. The minimum absolute atomic E-state index is 0.374. The molecule has 1 N–H and O–H groups in total. The lowest BCUT2D eigenvalue weighted by Crippen LogP contribution is -2.43. The molecule has 3 unspecified atom stereocenters. The smallest absolute Gasteiger partial charge is 0.125 e. The summed E-state index contributed by atoms with van der Waals surface area (Å²) in [7, 11) is 0. The number of nitrogens with zero attached hydrogens (tertiary/aromatic N) is 1. The van der Waals surface area contributed by atoms with E-state index in [2.05, 4.69) is 56.4 Å². The first-order valence-corrected chi connectivity index (χ1v) is 6.81. The minimum atomic E-state index is -0.374. The number of hydrogen-bond donors (Lipinski definition) is 1. The molecule has 18 heavy (non-hydrogen) atoms. The van der Waals surface area contributed by atoms with Gasteiger partial charge in [0.1, 0.15) is 5.54 Å². The summed E-state index contributed by atoms with van der Waals surface area (Å²) in [5.74, 6) is 1.34. The van der Waals surface area contributed by atoms with Gasteiger partial charge in [-0.25, -0.2) is 0 Å². The number of hydrogen-bond acceptors (Lipinski definition) is 2. The normalized spacial score (nSPS) is 31.7. The molecule has 0 aliphatic heterocycles. The molecule has 96 valence electrons. The van der Waals surface area contributed by atoms with Crippen molar-refractivity contribution in [1.82, 2.24) is 0 Å². The number of nitriles is 1. The lowest BCUT2D eigenvalue weighted by Gasteiger charge is -2.39. The Balaban J connectivity index is 2.14. The highest BCUT2D eigenvalue weighted by molar-refractivity contribution is 5.49. The summed E-state index contributed by atoms with van der Waals surface area (Å²) in [6.07, 6.45) is 3.02. The standard InChI is InChI=1S/C16H22N2/c1-12-4-6-15(7-5-12)18-16(11-17)9-8-13(2)14(3)10-16/h4-7,13-14,18H,8-10H2,1-3H3. The molecule has 0 spiro atoms. The number of nitrogens with one attached hydrogen (secondary N) is 1. The molecule has 1 aromatic carbocycles. The summed E-state index contributed by atoms with van der Waals surface area (Å²) >= 11 is 0. The van der Waals surface area contributed by atoms with Gasteiger partial charge >= 0.3 is 0 Å². The molecular weight excluding hydrogens is 220 g/mol. The Morgan fingerprint density at radius 1 is 1.22 bits per heavy atom. The van der Waals surface area contributed by atoms with Crippen molar-refractivity contribution < 1.29 is 0 Å². The van der Waals surface area contributed by atoms with E-state index in [1.807, 2.05) is 0 Å². The molecule has 1 aliphatic rings. The number of rotatable bonds is 2. The fraction of sp³-hybridized carbons (Fsp3) is 0.562. The lowest BCUT2D eigenvalue weighted by atomic mass is 9.72. The second-order valence-electron chi connectivity index (χ2n) is 5.88. The molecule has 2 nitrogen and oxygen atoms in total. The Kier molecular flexibility index (Phi) is 3.61. The van der Waals surface area contributed by atoms with Crippen LogP contribution in [0.5, 0.6) is 0 Å². The first kappa shape index (κ1) is 13.0. The van der Waals surface area contributed by atoms with Gasteiger partial charge in [0.15, 0.2) is 0 Å². The maximum absolute atomic E-state index is 9.55. The van der Waals surface area contributed by atoms with Crippen LogP contribution >= 0.6 is 0 Å². The lowest BCUT2D eigenvalue weighted by molar-refractivity contribution is 0.226. The van der Waals surface area contributed by atoms with Crippen molar-refractivity contribution in [2.75, 3.05) is 5.32 Å². The highest BCUT2D eigenvalue weighted by Gasteiger charge is 2.37. The Morgan fingerprint density at radius 2 is 1.89 bits per heavy atom. The quantitative estimate of drug-likeness (QED) is 0.846. The van der Waals surface area contributed by atoms with E-state index in [1.165, 1.54) is 5.56 Å². The van der Waals surface area contributed by atoms with Crippen LogP contribution in [-0.2, 0) is 0 Å². The molecule has 0 radical (unpaired) electrons. The predicted molar refractivity (Wildman–Crippen MR) is 75.3 cm³/mol. The predicted octanol–water partition coefficient (Wildman–Crippen LogP) is 4.13. The van der Waals surface area contributed by atoms with Crippen LogP contribution < -0.4 is 5.32 Å². The van der Waals surface area contributed by atoms with Crippen LogP contribution in [0.1, 0.15) is 38.7 Å². The van der Waals surface area contributed by atoms with Crippen LogP contribution in [0.2, 0.25) is 0 Å². The zero-order valence-corrected chi connectivity index (χ0v) is 11.5. The summed E-state index contributed by atoms with van der Waals surface area (Å²) in [5, 5.41) is 13.0. The van der Waals surface area contributed by atoms with Gasteiger partial charge in [-0.2, -0.15) is 5.26 Å². The van der Waals surface area contributed by atoms with Crippen molar-refractivity contribution in [3.8, 4) is 6.07 Å². The summed E-state index contributed by atoms with van der Waals surface area (Å²) in [4.78, 5) is 0. The summed E-state index contributed by atoms with van der Waals surface area (Å²) in [6, 6.07) is 10.8. The van der Waals surface area contributed by atoms with E-state index in [-0.39, 0.29) is 5.54 Å². The largest absolute Gasteiger partial charge is 0.367 e. The van der Waals surface area contributed by atoms with E-state index in [0.717, 1.165) is 30.9 Å². The maximum atomic E-state index is 9.55.